The number of allylic oxidation sites excluding steroid dienone is 1. The molecule has 0 saturated heterocycles. The Balaban J connectivity index is 2.66. The highest BCUT2D eigenvalue weighted by Crippen LogP contribution is 2.22. The van der Waals surface area contributed by atoms with E-state index in [-0.39, 0.29) is 0 Å². The summed E-state index contributed by atoms with van der Waals surface area (Å²) in [6.45, 7) is 9.55. The quantitative estimate of drug-likeness (QED) is 0.639. The Morgan fingerprint density at radius 2 is 1.64 bits per heavy atom. The van der Waals surface area contributed by atoms with Crippen LogP contribution in [0.3, 0.4) is 0 Å². The van der Waals surface area contributed by atoms with Crippen molar-refractivity contribution >= 4 is 14.1 Å². The van der Waals surface area contributed by atoms with Crippen molar-refractivity contribution in [1.82, 2.24) is 0 Å². The second-order valence-corrected chi connectivity index (χ2v) is 10.6. The Bertz CT molecular complexity index is 293. The molecule has 0 aliphatic rings. The molecule has 0 fully saturated rings. The fourth-order valence-corrected chi connectivity index (χ4v) is 1.78. The summed E-state index contributed by atoms with van der Waals surface area (Å²) in [5, 5.41) is 0. The zero-order chi connectivity index (χ0) is 10.6. The van der Waals surface area contributed by atoms with Crippen LogP contribution in [0.1, 0.15) is 12.5 Å². The number of rotatable bonds is 3. The average molecular weight is 204 g/mol. The van der Waals surface area contributed by atoms with E-state index >= 15 is 0 Å². The third-order valence-electron chi connectivity index (χ3n) is 2.74. The Morgan fingerprint density at radius 1 is 1.07 bits per heavy atom. The van der Waals surface area contributed by atoms with Gasteiger partial charge in [-0.2, -0.15) is 0 Å². The van der Waals surface area contributed by atoms with E-state index < -0.39 is 8.07 Å². The van der Waals surface area contributed by atoms with E-state index in [2.05, 4.69) is 69.0 Å². The second kappa shape index (κ2) is 4.60. The van der Waals surface area contributed by atoms with Crippen molar-refractivity contribution in [2.45, 2.75) is 32.1 Å². The molecule has 0 aromatic heterocycles. The molecule has 0 aliphatic carbocycles. The average Bonchev–Trinajstić information content (AvgIpc) is 2.14. The Labute approximate surface area is 88.7 Å². The van der Waals surface area contributed by atoms with Crippen molar-refractivity contribution in [1.29, 1.82) is 0 Å². The van der Waals surface area contributed by atoms with Crippen LogP contribution >= 0.6 is 0 Å². The minimum Gasteiger partial charge on any atom is -0.0838 e. The predicted molar refractivity (Wildman–Crippen MR) is 68.2 cm³/mol. The van der Waals surface area contributed by atoms with Crippen LogP contribution in [0.5, 0.6) is 0 Å². The van der Waals surface area contributed by atoms with Crippen molar-refractivity contribution in [2.75, 3.05) is 0 Å². The van der Waals surface area contributed by atoms with Gasteiger partial charge in [0.1, 0.15) is 0 Å². The minimum atomic E-state index is -1.00. The molecule has 1 unspecified atom stereocenters. The molecule has 0 saturated carbocycles. The first-order valence-electron chi connectivity index (χ1n) is 5.23. The lowest BCUT2D eigenvalue weighted by atomic mass is 10.2. The first-order chi connectivity index (χ1) is 6.50. The second-order valence-electron chi connectivity index (χ2n) is 4.92. The van der Waals surface area contributed by atoms with Crippen LogP contribution in [0.4, 0.5) is 0 Å². The van der Waals surface area contributed by atoms with Gasteiger partial charge in [0.15, 0.2) is 0 Å². The molecular formula is C13H20Si. The topological polar surface area (TPSA) is 0 Å². The largest absolute Gasteiger partial charge is 0.0838 e. The lowest BCUT2D eigenvalue weighted by Crippen LogP contribution is -2.24. The third-order valence-corrected chi connectivity index (χ3v) is 5.67. The van der Waals surface area contributed by atoms with Crippen LogP contribution < -0.4 is 0 Å². The molecule has 0 amide bonds. The van der Waals surface area contributed by atoms with Gasteiger partial charge in [-0.15, -0.1) is 0 Å². The first-order valence-corrected chi connectivity index (χ1v) is 8.81. The molecule has 0 N–H and O–H groups in total. The van der Waals surface area contributed by atoms with Crippen LogP contribution in [0.15, 0.2) is 36.4 Å². The summed E-state index contributed by atoms with van der Waals surface area (Å²) < 4.78 is 0. The molecule has 0 spiro atoms. The van der Waals surface area contributed by atoms with E-state index in [1.165, 1.54) is 5.56 Å². The van der Waals surface area contributed by atoms with Crippen LogP contribution in [0, 0.1) is 0 Å². The van der Waals surface area contributed by atoms with E-state index in [1.54, 1.807) is 0 Å². The lowest BCUT2D eigenvalue weighted by molar-refractivity contribution is 1.13. The molecule has 1 heteroatoms. The molecule has 0 heterocycles. The Kier molecular flexibility index (Phi) is 3.70. The SMILES string of the molecule is CC(/C=C/c1ccccc1)[Si](C)(C)C. The molecular weight excluding hydrogens is 184 g/mol. The normalized spacial score (nSPS) is 14.6. The van der Waals surface area contributed by atoms with Crippen LogP contribution in [-0.4, -0.2) is 8.07 Å². The van der Waals surface area contributed by atoms with Crippen molar-refractivity contribution < 1.29 is 0 Å². The van der Waals surface area contributed by atoms with Gasteiger partial charge in [0.25, 0.3) is 0 Å². The van der Waals surface area contributed by atoms with Crippen LogP contribution in [-0.2, 0) is 0 Å². The van der Waals surface area contributed by atoms with Gasteiger partial charge in [-0.25, -0.2) is 0 Å². The molecule has 0 radical (unpaired) electrons. The number of hydrogen-bond donors (Lipinski definition) is 0. The molecule has 76 valence electrons. The summed E-state index contributed by atoms with van der Waals surface area (Å²) in [5.41, 5.74) is 2.04. The van der Waals surface area contributed by atoms with Crippen LogP contribution in [0.2, 0.25) is 25.2 Å². The third kappa shape index (κ3) is 3.50. The van der Waals surface area contributed by atoms with Gasteiger partial charge in [0.05, 0.1) is 8.07 Å². The van der Waals surface area contributed by atoms with Crippen molar-refractivity contribution in [2.24, 2.45) is 0 Å². The molecule has 1 rings (SSSR count). The van der Waals surface area contributed by atoms with E-state index in [1.807, 2.05) is 0 Å². The molecule has 1 aromatic carbocycles. The van der Waals surface area contributed by atoms with E-state index in [9.17, 15) is 0 Å². The van der Waals surface area contributed by atoms with Crippen molar-refractivity contribution in [3.05, 3.63) is 42.0 Å². The van der Waals surface area contributed by atoms with Crippen molar-refractivity contribution in [3.63, 3.8) is 0 Å². The summed E-state index contributed by atoms with van der Waals surface area (Å²) in [5.74, 6) is 0. The summed E-state index contributed by atoms with van der Waals surface area (Å²) in [4.78, 5) is 0. The molecule has 0 bridgehead atoms. The summed E-state index contributed by atoms with van der Waals surface area (Å²) in [6.07, 6.45) is 4.59. The summed E-state index contributed by atoms with van der Waals surface area (Å²) in [6, 6.07) is 10.5. The van der Waals surface area contributed by atoms with Gasteiger partial charge in [-0.1, -0.05) is 69.0 Å². The van der Waals surface area contributed by atoms with Gasteiger partial charge < -0.3 is 0 Å². The van der Waals surface area contributed by atoms with Crippen LogP contribution in [0.25, 0.3) is 6.08 Å². The summed E-state index contributed by atoms with van der Waals surface area (Å²) >= 11 is 0. The highest BCUT2D eigenvalue weighted by molar-refractivity contribution is 6.77. The molecule has 0 nitrogen and oxygen atoms in total. The molecule has 1 aromatic rings. The molecule has 0 aliphatic heterocycles. The lowest BCUT2D eigenvalue weighted by Gasteiger charge is -2.21. The zero-order valence-electron chi connectivity index (χ0n) is 9.62. The van der Waals surface area contributed by atoms with E-state index in [0.717, 1.165) is 5.54 Å². The van der Waals surface area contributed by atoms with Gasteiger partial charge in [0.2, 0.25) is 0 Å². The fraction of sp³-hybridized carbons (Fsp3) is 0.385. The number of benzene rings is 1. The fourth-order valence-electron chi connectivity index (χ4n) is 1.11. The molecule has 1 atom stereocenters. The predicted octanol–water partition coefficient (Wildman–Crippen LogP) is 4.43. The molecule has 14 heavy (non-hydrogen) atoms. The van der Waals surface area contributed by atoms with Gasteiger partial charge in [-0.05, 0) is 11.1 Å². The maximum absolute atomic E-state index is 2.41. The van der Waals surface area contributed by atoms with Crippen molar-refractivity contribution in [3.8, 4) is 0 Å². The highest BCUT2D eigenvalue weighted by Gasteiger charge is 2.19. The van der Waals surface area contributed by atoms with Gasteiger partial charge in [0, 0.05) is 0 Å². The smallest absolute Gasteiger partial charge is 0.0510 e. The standard InChI is InChI=1S/C13H20Si/c1-12(14(2,3)4)10-11-13-8-6-5-7-9-13/h5-12H,1-4H3/b11-10+. The minimum absolute atomic E-state index is 0.739. The maximum atomic E-state index is 2.41. The monoisotopic (exact) mass is 204 g/mol. The Hall–Kier alpha value is -0.823. The number of hydrogen-bond acceptors (Lipinski definition) is 0. The van der Waals surface area contributed by atoms with E-state index in [4.69, 9.17) is 0 Å². The first kappa shape index (κ1) is 11.3. The Morgan fingerprint density at radius 3 is 2.14 bits per heavy atom. The van der Waals surface area contributed by atoms with Gasteiger partial charge >= 0.3 is 0 Å². The zero-order valence-corrected chi connectivity index (χ0v) is 10.6. The van der Waals surface area contributed by atoms with E-state index in [0.29, 0.717) is 0 Å². The highest BCUT2D eigenvalue weighted by atomic mass is 28.3. The summed E-state index contributed by atoms with van der Waals surface area (Å²) in [7, 11) is -1.00. The van der Waals surface area contributed by atoms with Gasteiger partial charge in [-0.3, -0.25) is 0 Å². The maximum Gasteiger partial charge on any atom is 0.0510 e.